The van der Waals surface area contributed by atoms with Crippen molar-refractivity contribution < 1.29 is 19.1 Å². The van der Waals surface area contributed by atoms with Crippen LogP contribution in [-0.2, 0) is 19.1 Å². The van der Waals surface area contributed by atoms with E-state index < -0.39 is 17.9 Å². The van der Waals surface area contributed by atoms with Gasteiger partial charge in [-0.1, -0.05) is 30.3 Å². The smallest absolute Gasteiger partial charge is 0.336 e. The van der Waals surface area contributed by atoms with Crippen LogP contribution in [0.15, 0.2) is 82.0 Å². The second-order valence-electron chi connectivity index (χ2n) is 6.86. The Morgan fingerprint density at radius 3 is 1.77 bits per heavy atom. The van der Waals surface area contributed by atoms with Crippen molar-refractivity contribution in [3.8, 4) is 0 Å². The minimum atomic E-state index is -0.583. The van der Waals surface area contributed by atoms with Gasteiger partial charge in [0.1, 0.15) is 0 Å². The molecule has 1 heterocycles. The predicted octanol–water partition coefficient (Wildman–Crippen LogP) is 4.91. The first kappa shape index (κ1) is 21.7. The summed E-state index contributed by atoms with van der Waals surface area (Å²) in [4.78, 5) is 28.9. The van der Waals surface area contributed by atoms with Gasteiger partial charge in [-0.05, 0) is 49.9 Å². The molecule has 30 heavy (non-hydrogen) atoms. The van der Waals surface area contributed by atoms with Crippen LogP contribution in [0.25, 0.3) is 0 Å². The number of anilines is 1. The van der Waals surface area contributed by atoms with Crippen LogP contribution in [0.5, 0.6) is 0 Å². The number of ether oxygens (including phenoxy) is 2. The Bertz CT molecular complexity index is 969. The maximum Gasteiger partial charge on any atom is 0.336 e. The van der Waals surface area contributed by atoms with Gasteiger partial charge in [0, 0.05) is 22.0 Å². The predicted molar refractivity (Wildman–Crippen MR) is 119 cm³/mol. The fraction of sp³-hybridized carbons (Fsp3) is 0.250. The van der Waals surface area contributed by atoms with E-state index in [1.54, 1.807) is 11.8 Å². The van der Waals surface area contributed by atoms with E-state index in [0.29, 0.717) is 11.1 Å². The first-order valence-corrected chi connectivity index (χ1v) is 10.7. The maximum atomic E-state index is 12.9. The molecule has 6 heteroatoms. The SMILES string of the molecule is COC(=O)C1=C(C)N(c2ccccc2)C(C)=C(C(=O)OC)C1c1ccc(SC)cc1. The van der Waals surface area contributed by atoms with E-state index in [1.807, 2.05) is 79.6 Å². The summed E-state index contributed by atoms with van der Waals surface area (Å²) in [5.41, 5.74) is 3.97. The van der Waals surface area contributed by atoms with Gasteiger partial charge in [-0.3, -0.25) is 0 Å². The third-order valence-electron chi connectivity index (χ3n) is 5.30. The van der Waals surface area contributed by atoms with Gasteiger partial charge >= 0.3 is 11.9 Å². The fourth-order valence-electron chi connectivity index (χ4n) is 3.90. The molecule has 0 spiro atoms. The lowest BCUT2D eigenvalue weighted by atomic mass is 9.79. The largest absolute Gasteiger partial charge is 0.466 e. The van der Waals surface area contributed by atoms with E-state index in [9.17, 15) is 9.59 Å². The second kappa shape index (κ2) is 9.22. The Hall–Kier alpha value is -2.99. The zero-order valence-electron chi connectivity index (χ0n) is 17.8. The highest BCUT2D eigenvalue weighted by Crippen LogP contribution is 2.44. The highest BCUT2D eigenvalue weighted by Gasteiger charge is 2.40. The molecule has 3 rings (SSSR count). The molecule has 1 aliphatic rings. The van der Waals surface area contributed by atoms with Crippen molar-refractivity contribution in [2.24, 2.45) is 0 Å². The van der Waals surface area contributed by atoms with Crippen LogP contribution in [0.3, 0.4) is 0 Å². The van der Waals surface area contributed by atoms with Gasteiger partial charge in [-0.2, -0.15) is 0 Å². The van der Waals surface area contributed by atoms with Gasteiger partial charge in [0.05, 0.1) is 31.3 Å². The number of nitrogens with zero attached hydrogens (tertiary/aromatic N) is 1. The van der Waals surface area contributed by atoms with Crippen molar-refractivity contribution in [1.82, 2.24) is 0 Å². The summed E-state index contributed by atoms with van der Waals surface area (Å²) < 4.78 is 10.3. The third-order valence-corrected chi connectivity index (χ3v) is 6.05. The van der Waals surface area contributed by atoms with E-state index in [1.165, 1.54) is 14.2 Å². The maximum absolute atomic E-state index is 12.9. The molecule has 0 amide bonds. The Morgan fingerprint density at radius 2 is 1.33 bits per heavy atom. The Kier molecular flexibility index (Phi) is 6.67. The lowest BCUT2D eigenvalue weighted by molar-refractivity contribution is -0.137. The molecule has 0 unspecified atom stereocenters. The van der Waals surface area contributed by atoms with Crippen LogP contribution >= 0.6 is 11.8 Å². The first-order valence-electron chi connectivity index (χ1n) is 9.51. The Morgan fingerprint density at radius 1 is 0.833 bits per heavy atom. The van der Waals surface area contributed by atoms with Crippen LogP contribution < -0.4 is 4.90 Å². The quantitative estimate of drug-likeness (QED) is 0.503. The number of carbonyl (C=O) groups excluding carboxylic acids is 2. The highest BCUT2D eigenvalue weighted by atomic mass is 32.2. The summed E-state index contributed by atoms with van der Waals surface area (Å²) >= 11 is 1.63. The molecule has 0 aliphatic carbocycles. The molecule has 0 N–H and O–H groups in total. The average Bonchev–Trinajstić information content (AvgIpc) is 2.78. The highest BCUT2D eigenvalue weighted by molar-refractivity contribution is 7.98. The molecule has 5 nitrogen and oxygen atoms in total. The van der Waals surface area contributed by atoms with E-state index in [4.69, 9.17) is 9.47 Å². The third kappa shape index (κ3) is 3.87. The number of allylic oxidation sites excluding steroid dienone is 2. The summed E-state index contributed by atoms with van der Waals surface area (Å²) in [7, 11) is 2.71. The fourth-order valence-corrected chi connectivity index (χ4v) is 4.31. The zero-order chi connectivity index (χ0) is 21.8. The number of benzene rings is 2. The van der Waals surface area contributed by atoms with Crippen molar-refractivity contribution in [1.29, 1.82) is 0 Å². The molecule has 0 fully saturated rings. The van der Waals surface area contributed by atoms with Crippen LogP contribution in [0, 0.1) is 0 Å². The zero-order valence-corrected chi connectivity index (χ0v) is 18.6. The Balaban J connectivity index is 2.30. The molecule has 2 aromatic rings. The second-order valence-corrected chi connectivity index (χ2v) is 7.74. The molecule has 0 radical (unpaired) electrons. The molecule has 0 saturated carbocycles. The van der Waals surface area contributed by atoms with E-state index in [2.05, 4.69) is 0 Å². The topological polar surface area (TPSA) is 55.8 Å². The van der Waals surface area contributed by atoms with Gasteiger partial charge in [-0.15, -0.1) is 11.8 Å². The van der Waals surface area contributed by atoms with E-state index in [-0.39, 0.29) is 0 Å². The van der Waals surface area contributed by atoms with Gasteiger partial charge in [0.25, 0.3) is 0 Å². The van der Waals surface area contributed by atoms with Crippen molar-refractivity contribution in [3.05, 3.63) is 82.7 Å². The minimum Gasteiger partial charge on any atom is -0.466 e. The van der Waals surface area contributed by atoms with Crippen molar-refractivity contribution >= 4 is 29.4 Å². The number of para-hydroxylation sites is 1. The van der Waals surface area contributed by atoms with Gasteiger partial charge < -0.3 is 14.4 Å². The molecule has 0 aromatic heterocycles. The molecule has 1 aliphatic heterocycles. The van der Waals surface area contributed by atoms with Crippen molar-refractivity contribution in [2.75, 3.05) is 25.4 Å². The molecule has 156 valence electrons. The summed E-state index contributed by atoms with van der Waals surface area (Å²) in [6.45, 7) is 3.75. The van der Waals surface area contributed by atoms with E-state index in [0.717, 1.165) is 27.5 Å². The Labute approximate surface area is 181 Å². The van der Waals surface area contributed by atoms with Crippen LogP contribution in [-0.4, -0.2) is 32.4 Å². The van der Waals surface area contributed by atoms with Crippen LogP contribution in [0.4, 0.5) is 5.69 Å². The average molecular weight is 424 g/mol. The number of hydrogen-bond acceptors (Lipinski definition) is 6. The molecule has 2 aromatic carbocycles. The molecule has 0 saturated heterocycles. The first-order chi connectivity index (χ1) is 14.4. The van der Waals surface area contributed by atoms with E-state index >= 15 is 0 Å². The number of hydrogen-bond donors (Lipinski definition) is 0. The monoisotopic (exact) mass is 423 g/mol. The number of methoxy groups -OCH3 is 2. The molecule has 0 atom stereocenters. The van der Waals surface area contributed by atoms with Gasteiger partial charge in [-0.25, -0.2) is 9.59 Å². The normalized spacial score (nSPS) is 14.8. The number of carbonyl (C=O) groups is 2. The lowest BCUT2D eigenvalue weighted by Crippen LogP contribution is -2.35. The summed E-state index contributed by atoms with van der Waals surface area (Å²) in [5.74, 6) is -1.52. The molecular formula is C24H25NO4S. The lowest BCUT2D eigenvalue weighted by Gasteiger charge is -2.37. The molecule has 0 bridgehead atoms. The van der Waals surface area contributed by atoms with Gasteiger partial charge in [0.2, 0.25) is 0 Å². The van der Waals surface area contributed by atoms with Gasteiger partial charge in [0.15, 0.2) is 0 Å². The molecular weight excluding hydrogens is 398 g/mol. The summed E-state index contributed by atoms with van der Waals surface area (Å²) in [6, 6.07) is 17.5. The number of esters is 2. The standard InChI is InChI=1S/C24H25NO4S/c1-15-20(23(26)28-3)22(17-11-13-19(30-5)14-12-17)21(24(27)29-4)16(2)25(15)18-9-7-6-8-10-18/h6-14,22H,1-5H3. The number of thioether (sulfide) groups is 1. The van der Waals surface area contributed by atoms with Crippen LogP contribution in [0.2, 0.25) is 0 Å². The summed E-state index contributed by atoms with van der Waals surface area (Å²) in [5, 5.41) is 0. The van der Waals surface area contributed by atoms with Crippen LogP contribution in [0.1, 0.15) is 25.3 Å². The van der Waals surface area contributed by atoms with Crippen molar-refractivity contribution in [3.63, 3.8) is 0 Å². The van der Waals surface area contributed by atoms with Crippen molar-refractivity contribution in [2.45, 2.75) is 24.7 Å². The summed E-state index contributed by atoms with van der Waals surface area (Å²) in [6.07, 6.45) is 2.00. The number of rotatable bonds is 5. The minimum absolute atomic E-state index is 0.421.